The van der Waals surface area contributed by atoms with E-state index in [1.165, 1.54) is 5.56 Å². The summed E-state index contributed by atoms with van der Waals surface area (Å²) in [6, 6.07) is 14.4. The average Bonchev–Trinajstić information content (AvgIpc) is 2.48. The highest BCUT2D eigenvalue weighted by atomic mass is 16.4. The maximum Gasteiger partial charge on any atom is 0.321 e. The molecule has 0 aliphatic carbocycles. The molecule has 1 aliphatic heterocycles. The molecule has 2 aromatic rings. The second-order valence-electron chi connectivity index (χ2n) is 5.40. The van der Waals surface area contributed by atoms with E-state index in [4.69, 9.17) is 0 Å². The molecule has 1 unspecified atom stereocenters. The van der Waals surface area contributed by atoms with Crippen molar-refractivity contribution in [1.29, 1.82) is 0 Å². The van der Waals surface area contributed by atoms with Crippen molar-refractivity contribution < 1.29 is 15.0 Å². The van der Waals surface area contributed by atoms with Crippen molar-refractivity contribution in [1.82, 2.24) is 4.90 Å². The lowest BCUT2D eigenvalue weighted by atomic mass is 9.93. The van der Waals surface area contributed by atoms with E-state index in [9.17, 15) is 15.0 Å². The van der Waals surface area contributed by atoms with Gasteiger partial charge in [-0.15, -0.1) is 0 Å². The number of carboxylic acid groups (broad SMARTS) is 1. The van der Waals surface area contributed by atoms with Crippen molar-refractivity contribution >= 4 is 5.97 Å². The lowest BCUT2D eigenvalue weighted by molar-refractivity contribution is -0.144. The van der Waals surface area contributed by atoms with Crippen molar-refractivity contribution in [2.75, 3.05) is 0 Å². The van der Waals surface area contributed by atoms with Crippen LogP contribution in [0, 0.1) is 0 Å². The Kier molecular flexibility index (Phi) is 3.62. The standard InChI is InChI=1S/C17H17NO3/c19-15-7-5-12(6-8-15)10-18-11-14-4-2-1-3-13(14)9-16(18)17(20)21/h1-8,16,19H,9-11H2,(H,20,21). The Morgan fingerprint density at radius 3 is 2.43 bits per heavy atom. The summed E-state index contributed by atoms with van der Waals surface area (Å²) < 4.78 is 0. The summed E-state index contributed by atoms with van der Waals surface area (Å²) in [6.07, 6.45) is 0.531. The molecule has 0 fully saturated rings. The quantitative estimate of drug-likeness (QED) is 0.908. The van der Waals surface area contributed by atoms with Crippen LogP contribution >= 0.6 is 0 Å². The van der Waals surface area contributed by atoms with Gasteiger partial charge in [-0.2, -0.15) is 0 Å². The van der Waals surface area contributed by atoms with Crippen LogP contribution < -0.4 is 0 Å². The Morgan fingerprint density at radius 1 is 1.10 bits per heavy atom. The molecule has 0 saturated carbocycles. The highest BCUT2D eigenvalue weighted by molar-refractivity contribution is 5.74. The zero-order valence-electron chi connectivity index (χ0n) is 11.6. The molecule has 1 atom stereocenters. The molecule has 21 heavy (non-hydrogen) atoms. The Labute approximate surface area is 123 Å². The Morgan fingerprint density at radius 2 is 1.76 bits per heavy atom. The van der Waals surface area contributed by atoms with Crippen molar-refractivity contribution in [2.45, 2.75) is 25.6 Å². The molecule has 1 aliphatic rings. The number of aromatic hydroxyl groups is 1. The van der Waals surface area contributed by atoms with Gasteiger partial charge in [0, 0.05) is 13.1 Å². The first kappa shape index (κ1) is 13.6. The van der Waals surface area contributed by atoms with Crippen LogP contribution in [-0.4, -0.2) is 27.1 Å². The lowest BCUT2D eigenvalue weighted by Crippen LogP contribution is -2.44. The van der Waals surface area contributed by atoms with Crippen LogP contribution in [0.1, 0.15) is 16.7 Å². The van der Waals surface area contributed by atoms with Crippen LogP contribution in [0.2, 0.25) is 0 Å². The van der Waals surface area contributed by atoms with Gasteiger partial charge in [0.05, 0.1) is 0 Å². The molecule has 108 valence electrons. The number of hydrogen-bond acceptors (Lipinski definition) is 3. The van der Waals surface area contributed by atoms with Crippen molar-refractivity contribution in [2.24, 2.45) is 0 Å². The number of carboxylic acids is 1. The third-order valence-electron chi connectivity index (χ3n) is 3.95. The third kappa shape index (κ3) is 2.90. The van der Waals surface area contributed by atoms with E-state index < -0.39 is 12.0 Å². The number of carbonyl (C=O) groups is 1. The first-order valence-corrected chi connectivity index (χ1v) is 6.95. The maximum atomic E-state index is 11.5. The molecule has 0 saturated heterocycles. The van der Waals surface area contributed by atoms with E-state index in [0.717, 1.165) is 11.1 Å². The molecule has 2 aromatic carbocycles. The van der Waals surface area contributed by atoms with Gasteiger partial charge in [0.15, 0.2) is 0 Å². The number of phenols is 1. The third-order valence-corrected chi connectivity index (χ3v) is 3.95. The molecule has 0 amide bonds. The number of fused-ring (bicyclic) bond motifs is 1. The molecule has 0 aromatic heterocycles. The summed E-state index contributed by atoms with van der Waals surface area (Å²) >= 11 is 0. The number of phenolic OH excluding ortho intramolecular Hbond substituents is 1. The van der Waals surface area contributed by atoms with Crippen LogP contribution in [0.25, 0.3) is 0 Å². The topological polar surface area (TPSA) is 60.8 Å². The van der Waals surface area contributed by atoms with Gasteiger partial charge in [0.25, 0.3) is 0 Å². The molecule has 0 bridgehead atoms. The predicted octanol–water partition coefficient (Wildman–Crippen LogP) is 2.40. The Balaban J connectivity index is 1.85. The summed E-state index contributed by atoms with van der Waals surface area (Å²) in [5, 5.41) is 18.8. The van der Waals surface area contributed by atoms with Crippen LogP contribution in [0.15, 0.2) is 48.5 Å². The number of aliphatic carboxylic acids is 1. The highest BCUT2D eigenvalue weighted by Crippen LogP contribution is 2.25. The largest absolute Gasteiger partial charge is 0.508 e. The van der Waals surface area contributed by atoms with Crippen molar-refractivity contribution in [3.8, 4) is 5.75 Å². The predicted molar refractivity (Wildman–Crippen MR) is 78.9 cm³/mol. The van der Waals surface area contributed by atoms with Gasteiger partial charge >= 0.3 is 5.97 Å². The van der Waals surface area contributed by atoms with Gasteiger partial charge in [-0.05, 0) is 35.2 Å². The fourth-order valence-electron chi connectivity index (χ4n) is 2.82. The van der Waals surface area contributed by atoms with Gasteiger partial charge in [-0.1, -0.05) is 36.4 Å². The number of benzene rings is 2. The molecule has 3 rings (SSSR count). The van der Waals surface area contributed by atoms with Gasteiger partial charge < -0.3 is 10.2 Å². The van der Waals surface area contributed by atoms with E-state index >= 15 is 0 Å². The SMILES string of the molecule is O=C(O)C1Cc2ccccc2CN1Cc1ccc(O)cc1. The van der Waals surface area contributed by atoms with Crippen LogP contribution in [0.3, 0.4) is 0 Å². The maximum absolute atomic E-state index is 11.5. The smallest absolute Gasteiger partial charge is 0.321 e. The number of hydrogen-bond donors (Lipinski definition) is 2. The normalized spacial score (nSPS) is 18.2. The fourth-order valence-corrected chi connectivity index (χ4v) is 2.82. The second-order valence-corrected chi connectivity index (χ2v) is 5.40. The number of rotatable bonds is 3. The van der Waals surface area contributed by atoms with E-state index in [2.05, 4.69) is 6.07 Å². The lowest BCUT2D eigenvalue weighted by Gasteiger charge is -2.34. The molecular weight excluding hydrogens is 266 g/mol. The zero-order valence-corrected chi connectivity index (χ0v) is 11.6. The van der Waals surface area contributed by atoms with Gasteiger partial charge in [0.2, 0.25) is 0 Å². The Bertz CT molecular complexity index is 651. The highest BCUT2D eigenvalue weighted by Gasteiger charge is 2.31. The number of nitrogens with zero attached hydrogens (tertiary/aromatic N) is 1. The molecule has 2 N–H and O–H groups in total. The molecule has 0 radical (unpaired) electrons. The second kappa shape index (κ2) is 5.58. The fraction of sp³-hybridized carbons (Fsp3) is 0.235. The minimum Gasteiger partial charge on any atom is -0.508 e. The van der Waals surface area contributed by atoms with Crippen LogP contribution in [-0.2, 0) is 24.3 Å². The summed E-state index contributed by atoms with van der Waals surface area (Å²) in [5.41, 5.74) is 3.30. The summed E-state index contributed by atoms with van der Waals surface area (Å²) in [5.74, 6) is -0.569. The van der Waals surface area contributed by atoms with Gasteiger partial charge in [0.1, 0.15) is 11.8 Å². The summed E-state index contributed by atoms with van der Waals surface area (Å²) in [7, 11) is 0. The molecule has 4 heteroatoms. The first-order valence-electron chi connectivity index (χ1n) is 6.95. The average molecular weight is 283 g/mol. The van der Waals surface area contributed by atoms with E-state index in [1.807, 2.05) is 35.2 Å². The first-order chi connectivity index (χ1) is 10.1. The van der Waals surface area contributed by atoms with Crippen molar-refractivity contribution in [3.05, 3.63) is 65.2 Å². The summed E-state index contributed by atoms with van der Waals surface area (Å²) in [4.78, 5) is 13.5. The molecular formula is C17H17NO3. The molecule has 0 spiro atoms. The monoisotopic (exact) mass is 283 g/mol. The minimum absolute atomic E-state index is 0.220. The summed E-state index contributed by atoms with van der Waals surface area (Å²) in [6.45, 7) is 1.19. The van der Waals surface area contributed by atoms with E-state index in [0.29, 0.717) is 19.5 Å². The zero-order chi connectivity index (χ0) is 14.8. The van der Waals surface area contributed by atoms with E-state index in [1.54, 1.807) is 12.1 Å². The molecule has 1 heterocycles. The van der Waals surface area contributed by atoms with Crippen LogP contribution in [0.5, 0.6) is 5.75 Å². The Hall–Kier alpha value is -2.33. The van der Waals surface area contributed by atoms with Gasteiger partial charge in [-0.3, -0.25) is 9.69 Å². The van der Waals surface area contributed by atoms with Crippen LogP contribution in [0.4, 0.5) is 0 Å². The minimum atomic E-state index is -0.789. The van der Waals surface area contributed by atoms with E-state index in [-0.39, 0.29) is 5.75 Å². The van der Waals surface area contributed by atoms with Gasteiger partial charge in [-0.25, -0.2) is 0 Å². The van der Waals surface area contributed by atoms with Crippen molar-refractivity contribution in [3.63, 3.8) is 0 Å². The molecule has 4 nitrogen and oxygen atoms in total.